The van der Waals surface area contributed by atoms with Crippen molar-refractivity contribution in [3.63, 3.8) is 0 Å². The number of aromatic nitrogens is 7. The molecule has 0 saturated carbocycles. The van der Waals surface area contributed by atoms with Crippen LogP contribution in [0.4, 0.5) is 16.0 Å². The van der Waals surface area contributed by atoms with E-state index in [2.05, 4.69) is 35.6 Å². The van der Waals surface area contributed by atoms with Crippen LogP contribution in [-0.2, 0) is 0 Å². The maximum Gasteiger partial charge on any atom is 0.179 e. The van der Waals surface area contributed by atoms with E-state index in [0.717, 1.165) is 5.69 Å². The topological polar surface area (TPSA) is 97.2 Å². The van der Waals surface area contributed by atoms with Gasteiger partial charge in [0.15, 0.2) is 17.3 Å². The highest BCUT2D eigenvalue weighted by Gasteiger charge is 2.16. The highest BCUT2D eigenvalue weighted by molar-refractivity contribution is 5.72. The zero-order valence-corrected chi connectivity index (χ0v) is 13.6. The average molecular weight is 338 g/mol. The minimum atomic E-state index is -0.337. The number of anilines is 2. The summed E-state index contributed by atoms with van der Waals surface area (Å²) < 4.78 is 15.1. The van der Waals surface area contributed by atoms with Crippen LogP contribution >= 0.6 is 0 Å². The number of hydrogen-bond donors (Lipinski definition) is 2. The third-order valence-electron chi connectivity index (χ3n) is 3.80. The molecule has 4 heterocycles. The van der Waals surface area contributed by atoms with Gasteiger partial charge in [0.25, 0.3) is 0 Å². The average Bonchev–Trinajstić information content (AvgIpc) is 3.20. The highest BCUT2D eigenvalue weighted by atomic mass is 19.1. The molecule has 0 aliphatic carbocycles. The summed E-state index contributed by atoms with van der Waals surface area (Å²) in [5.74, 6) is 0.855. The minimum absolute atomic E-state index is 0.287. The van der Waals surface area contributed by atoms with Crippen molar-refractivity contribution in [3.8, 4) is 0 Å². The van der Waals surface area contributed by atoms with E-state index in [1.807, 2.05) is 19.9 Å². The fourth-order valence-corrected chi connectivity index (χ4v) is 2.55. The third kappa shape index (κ3) is 2.91. The molecule has 0 amide bonds. The quantitative estimate of drug-likeness (QED) is 0.594. The summed E-state index contributed by atoms with van der Waals surface area (Å²) in [7, 11) is 0. The van der Waals surface area contributed by atoms with Crippen molar-refractivity contribution in [2.75, 3.05) is 5.32 Å². The second-order valence-electron chi connectivity index (χ2n) is 5.69. The number of aromatic amines is 1. The molecule has 9 heteroatoms. The Morgan fingerprint density at radius 1 is 1.20 bits per heavy atom. The number of hydrogen-bond acceptors (Lipinski definition) is 6. The monoisotopic (exact) mass is 338 g/mol. The molecule has 1 atom stereocenters. The van der Waals surface area contributed by atoms with Gasteiger partial charge >= 0.3 is 0 Å². The molecule has 0 aromatic carbocycles. The van der Waals surface area contributed by atoms with Crippen molar-refractivity contribution in [3.05, 3.63) is 54.0 Å². The molecule has 0 spiro atoms. The van der Waals surface area contributed by atoms with E-state index in [0.29, 0.717) is 28.5 Å². The summed E-state index contributed by atoms with van der Waals surface area (Å²) in [6.45, 7) is 3.79. The Morgan fingerprint density at radius 3 is 2.84 bits per heavy atom. The molecule has 0 radical (unpaired) electrons. The SMILES string of the molecule is Cc1cc(Nc2cnc3cnn([C@H](C)c4cc(F)ccn4)c3n2)n[nH]1. The number of aryl methyl sites for hydroxylation is 1. The number of rotatable bonds is 4. The second kappa shape index (κ2) is 5.93. The molecule has 0 saturated heterocycles. The van der Waals surface area contributed by atoms with Gasteiger partial charge < -0.3 is 5.32 Å². The summed E-state index contributed by atoms with van der Waals surface area (Å²) in [6.07, 6.45) is 4.68. The van der Waals surface area contributed by atoms with E-state index in [1.54, 1.807) is 17.1 Å². The van der Waals surface area contributed by atoms with Crippen molar-refractivity contribution < 1.29 is 4.39 Å². The van der Waals surface area contributed by atoms with Crippen LogP contribution in [0.3, 0.4) is 0 Å². The summed E-state index contributed by atoms with van der Waals surface area (Å²) >= 11 is 0. The number of pyridine rings is 1. The van der Waals surface area contributed by atoms with E-state index in [9.17, 15) is 4.39 Å². The van der Waals surface area contributed by atoms with Gasteiger partial charge in [0.2, 0.25) is 0 Å². The molecule has 4 aromatic rings. The summed E-state index contributed by atoms with van der Waals surface area (Å²) in [6, 6.07) is 4.28. The molecule has 0 unspecified atom stereocenters. The van der Waals surface area contributed by atoms with Gasteiger partial charge in [-0.3, -0.25) is 10.1 Å². The Balaban J connectivity index is 1.71. The lowest BCUT2D eigenvalue weighted by Crippen LogP contribution is -2.11. The predicted molar refractivity (Wildman–Crippen MR) is 89.9 cm³/mol. The van der Waals surface area contributed by atoms with Gasteiger partial charge in [-0.2, -0.15) is 10.2 Å². The molecule has 126 valence electrons. The molecule has 4 rings (SSSR count). The molecule has 4 aromatic heterocycles. The lowest BCUT2D eigenvalue weighted by atomic mass is 10.2. The first kappa shape index (κ1) is 15.2. The van der Waals surface area contributed by atoms with E-state index < -0.39 is 0 Å². The van der Waals surface area contributed by atoms with Crippen LogP contribution in [-0.4, -0.2) is 34.9 Å². The smallest absolute Gasteiger partial charge is 0.179 e. The van der Waals surface area contributed by atoms with Crippen LogP contribution in [0.25, 0.3) is 11.2 Å². The van der Waals surface area contributed by atoms with Gasteiger partial charge in [-0.05, 0) is 26.0 Å². The highest BCUT2D eigenvalue weighted by Crippen LogP contribution is 2.22. The molecule has 2 N–H and O–H groups in total. The molecule has 8 nitrogen and oxygen atoms in total. The Bertz CT molecular complexity index is 1040. The molecular formula is C16H15FN8. The summed E-state index contributed by atoms with van der Waals surface area (Å²) in [5, 5.41) is 14.4. The Morgan fingerprint density at radius 2 is 2.08 bits per heavy atom. The lowest BCUT2D eigenvalue weighted by Gasteiger charge is -2.12. The normalized spacial score (nSPS) is 12.4. The Labute approximate surface area is 142 Å². The third-order valence-corrected chi connectivity index (χ3v) is 3.80. The van der Waals surface area contributed by atoms with Gasteiger partial charge in [-0.15, -0.1) is 0 Å². The van der Waals surface area contributed by atoms with E-state index in [1.165, 1.54) is 18.3 Å². The summed E-state index contributed by atoms with van der Waals surface area (Å²) in [5.41, 5.74) is 2.73. The van der Waals surface area contributed by atoms with Crippen molar-refractivity contribution in [2.24, 2.45) is 0 Å². The molecule has 25 heavy (non-hydrogen) atoms. The van der Waals surface area contributed by atoms with Crippen LogP contribution in [0.15, 0.2) is 36.8 Å². The van der Waals surface area contributed by atoms with Crippen molar-refractivity contribution in [1.29, 1.82) is 0 Å². The fraction of sp³-hybridized carbons (Fsp3) is 0.188. The maximum absolute atomic E-state index is 13.5. The van der Waals surface area contributed by atoms with Crippen LogP contribution in [0.2, 0.25) is 0 Å². The van der Waals surface area contributed by atoms with Crippen LogP contribution < -0.4 is 5.32 Å². The molecule has 0 aliphatic heterocycles. The minimum Gasteiger partial charge on any atom is -0.322 e. The zero-order valence-electron chi connectivity index (χ0n) is 13.6. The van der Waals surface area contributed by atoms with Gasteiger partial charge in [-0.25, -0.2) is 19.0 Å². The molecule has 0 bridgehead atoms. The van der Waals surface area contributed by atoms with Crippen LogP contribution in [0.5, 0.6) is 0 Å². The fourth-order valence-electron chi connectivity index (χ4n) is 2.55. The standard InChI is InChI=1S/C16H15FN8/c1-9-5-14(24-23-9)21-15-8-19-13-7-20-25(16(13)22-15)10(2)12-6-11(17)3-4-18-12/h3-8,10H,1-2H3,(H2,21,22,23,24)/t10-/m1/s1. The van der Waals surface area contributed by atoms with E-state index >= 15 is 0 Å². The van der Waals surface area contributed by atoms with Crippen molar-refractivity contribution in [2.45, 2.75) is 19.9 Å². The number of nitrogens with zero attached hydrogens (tertiary/aromatic N) is 6. The Hall–Kier alpha value is -3.36. The van der Waals surface area contributed by atoms with Gasteiger partial charge in [0.1, 0.15) is 11.3 Å². The number of fused-ring (bicyclic) bond motifs is 1. The van der Waals surface area contributed by atoms with Crippen LogP contribution in [0.1, 0.15) is 24.4 Å². The summed E-state index contributed by atoms with van der Waals surface area (Å²) in [4.78, 5) is 13.1. The van der Waals surface area contributed by atoms with Gasteiger partial charge in [-0.1, -0.05) is 0 Å². The van der Waals surface area contributed by atoms with E-state index in [4.69, 9.17) is 0 Å². The van der Waals surface area contributed by atoms with Gasteiger partial charge in [0, 0.05) is 18.0 Å². The molecular weight excluding hydrogens is 323 g/mol. The van der Waals surface area contributed by atoms with Gasteiger partial charge in [0.05, 0.1) is 24.1 Å². The first-order chi connectivity index (χ1) is 12.1. The predicted octanol–water partition coefficient (Wildman–Crippen LogP) is 2.74. The maximum atomic E-state index is 13.5. The first-order valence-corrected chi connectivity index (χ1v) is 7.71. The Kier molecular flexibility index (Phi) is 3.60. The van der Waals surface area contributed by atoms with E-state index in [-0.39, 0.29) is 11.9 Å². The lowest BCUT2D eigenvalue weighted by molar-refractivity contribution is 0.554. The van der Waals surface area contributed by atoms with Crippen molar-refractivity contribution in [1.82, 2.24) is 34.9 Å². The number of H-pyrrole nitrogens is 1. The molecule has 0 fully saturated rings. The first-order valence-electron chi connectivity index (χ1n) is 7.71. The number of halogens is 1. The second-order valence-corrected chi connectivity index (χ2v) is 5.69. The molecule has 0 aliphatic rings. The number of nitrogens with one attached hydrogen (secondary N) is 2. The van der Waals surface area contributed by atoms with Crippen LogP contribution in [0, 0.1) is 12.7 Å². The zero-order chi connectivity index (χ0) is 17.4. The largest absolute Gasteiger partial charge is 0.322 e. The van der Waals surface area contributed by atoms with Crippen molar-refractivity contribution >= 4 is 22.8 Å².